The van der Waals surface area contributed by atoms with Crippen LogP contribution in [0.4, 0.5) is 0 Å². The number of rotatable bonds is 10. The molecule has 102 valence electrons. The van der Waals surface area contributed by atoms with Crippen LogP contribution < -0.4 is 5.32 Å². The maximum atomic E-state index is 3.56. The van der Waals surface area contributed by atoms with Crippen LogP contribution in [-0.4, -0.2) is 36.6 Å². The summed E-state index contributed by atoms with van der Waals surface area (Å²) in [7, 11) is 0. The van der Waals surface area contributed by atoms with E-state index in [0.29, 0.717) is 0 Å². The molecule has 0 radical (unpaired) electrons. The van der Waals surface area contributed by atoms with Crippen molar-refractivity contribution < 1.29 is 0 Å². The van der Waals surface area contributed by atoms with Gasteiger partial charge in [0.05, 0.1) is 0 Å². The molecular weight excluding hydrogens is 208 g/mol. The second kappa shape index (κ2) is 8.10. The van der Waals surface area contributed by atoms with Crippen LogP contribution in [0.2, 0.25) is 0 Å². The summed E-state index contributed by atoms with van der Waals surface area (Å²) < 4.78 is 0. The first-order valence-electron chi connectivity index (χ1n) is 7.61. The monoisotopic (exact) mass is 240 g/mol. The van der Waals surface area contributed by atoms with Crippen LogP contribution in [0.25, 0.3) is 0 Å². The number of hydrogen-bond acceptors (Lipinski definition) is 2. The molecule has 1 rings (SSSR count). The Bertz CT molecular complexity index is 187. The molecule has 2 nitrogen and oxygen atoms in total. The van der Waals surface area contributed by atoms with Gasteiger partial charge in [-0.05, 0) is 58.2 Å². The Kier molecular flexibility index (Phi) is 7.14. The summed E-state index contributed by atoms with van der Waals surface area (Å²) in [6.07, 6.45) is 6.86. The minimum absolute atomic E-state index is 0.758. The van der Waals surface area contributed by atoms with Gasteiger partial charge in [0, 0.05) is 12.1 Å². The van der Waals surface area contributed by atoms with Gasteiger partial charge >= 0.3 is 0 Å². The lowest BCUT2D eigenvalue weighted by molar-refractivity contribution is 0.185. The SMILES string of the molecule is CCCCN(C(C)CCNCC(C)C)C1CC1. The average molecular weight is 240 g/mol. The molecule has 0 aliphatic heterocycles. The van der Waals surface area contributed by atoms with Crippen molar-refractivity contribution >= 4 is 0 Å². The highest BCUT2D eigenvalue weighted by atomic mass is 15.2. The fourth-order valence-electron chi connectivity index (χ4n) is 2.38. The Hall–Kier alpha value is -0.0800. The lowest BCUT2D eigenvalue weighted by atomic mass is 10.1. The van der Waals surface area contributed by atoms with Crippen molar-refractivity contribution in [3.05, 3.63) is 0 Å². The zero-order valence-corrected chi connectivity index (χ0v) is 12.3. The third kappa shape index (κ3) is 6.42. The van der Waals surface area contributed by atoms with E-state index in [1.54, 1.807) is 0 Å². The molecule has 0 aromatic rings. The molecule has 0 bridgehead atoms. The van der Waals surface area contributed by atoms with Crippen LogP contribution in [0.1, 0.15) is 59.8 Å². The van der Waals surface area contributed by atoms with Gasteiger partial charge < -0.3 is 5.32 Å². The van der Waals surface area contributed by atoms with Crippen molar-refractivity contribution in [2.24, 2.45) is 5.92 Å². The lowest BCUT2D eigenvalue weighted by Gasteiger charge is -2.29. The highest BCUT2D eigenvalue weighted by Gasteiger charge is 2.31. The second-order valence-corrected chi connectivity index (χ2v) is 6.06. The first-order chi connectivity index (χ1) is 8.15. The summed E-state index contributed by atoms with van der Waals surface area (Å²) in [5, 5.41) is 3.56. The van der Waals surface area contributed by atoms with E-state index >= 15 is 0 Å². The Morgan fingerprint density at radius 1 is 1.24 bits per heavy atom. The van der Waals surface area contributed by atoms with Crippen molar-refractivity contribution in [2.45, 2.75) is 71.9 Å². The van der Waals surface area contributed by atoms with Crippen molar-refractivity contribution in [3.8, 4) is 0 Å². The Morgan fingerprint density at radius 2 is 1.94 bits per heavy atom. The molecule has 0 aromatic heterocycles. The van der Waals surface area contributed by atoms with Crippen LogP contribution in [0.15, 0.2) is 0 Å². The number of hydrogen-bond donors (Lipinski definition) is 1. The van der Waals surface area contributed by atoms with E-state index in [4.69, 9.17) is 0 Å². The minimum atomic E-state index is 0.758. The summed E-state index contributed by atoms with van der Waals surface area (Å²) in [6.45, 7) is 12.9. The molecule has 1 N–H and O–H groups in total. The van der Waals surface area contributed by atoms with Crippen molar-refractivity contribution in [3.63, 3.8) is 0 Å². The average Bonchev–Trinajstić information content (AvgIpc) is 3.09. The predicted octanol–water partition coefficient (Wildman–Crippen LogP) is 3.28. The zero-order valence-electron chi connectivity index (χ0n) is 12.3. The maximum absolute atomic E-state index is 3.56. The van der Waals surface area contributed by atoms with Crippen molar-refractivity contribution in [1.82, 2.24) is 10.2 Å². The van der Waals surface area contributed by atoms with Gasteiger partial charge in [-0.15, -0.1) is 0 Å². The van der Waals surface area contributed by atoms with Gasteiger partial charge in [-0.1, -0.05) is 27.2 Å². The van der Waals surface area contributed by atoms with E-state index in [1.165, 1.54) is 45.2 Å². The molecule has 2 heteroatoms. The van der Waals surface area contributed by atoms with Crippen LogP contribution in [0, 0.1) is 5.92 Å². The molecule has 0 heterocycles. The third-order valence-electron chi connectivity index (χ3n) is 3.64. The van der Waals surface area contributed by atoms with Crippen LogP contribution in [0.5, 0.6) is 0 Å². The van der Waals surface area contributed by atoms with Crippen molar-refractivity contribution in [2.75, 3.05) is 19.6 Å². The Morgan fingerprint density at radius 3 is 2.47 bits per heavy atom. The Balaban J connectivity index is 2.15. The topological polar surface area (TPSA) is 15.3 Å². The van der Waals surface area contributed by atoms with Gasteiger partial charge in [-0.2, -0.15) is 0 Å². The number of nitrogens with one attached hydrogen (secondary N) is 1. The molecule has 1 fully saturated rings. The van der Waals surface area contributed by atoms with Gasteiger partial charge in [-0.25, -0.2) is 0 Å². The van der Waals surface area contributed by atoms with E-state index in [0.717, 1.165) is 24.5 Å². The lowest BCUT2D eigenvalue weighted by Crippen LogP contribution is -2.38. The summed E-state index contributed by atoms with van der Waals surface area (Å²) >= 11 is 0. The molecular formula is C15H32N2. The molecule has 0 saturated heterocycles. The molecule has 1 aliphatic rings. The number of nitrogens with zero attached hydrogens (tertiary/aromatic N) is 1. The van der Waals surface area contributed by atoms with Crippen molar-refractivity contribution in [1.29, 1.82) is 0 Å². The van der Waals surface area contributed by atoms with E-state index in [2.05, 4.69) is 37.9 Å². The van der Waals surface area contributed by atoms with Gasteiger partial charge in [0.2, 0.25) is 0 Å². The summed E-state index contributed by atoms with van der Waals surface area (Å²) in [6, 6.07) is 1.68. The third-order valence-corrected chi connectivity index (χ3v) is 3.64. The minimum Gasteiger partial charge on any atom is -0.316 e. The van der Waals surface area contributed by atoms with Gasteiger partial charge in [0.1, 0.15) is 0 Å². The molecule has 0 aromatic carbocycles. The zero-order chi connectivity index (χ0) is 12.7. The van der Waals surface area contributed by atoms with Gasteiger partial charge in [-0.3, -0.25) is 4.90 Å². The second-order valence-electron chi connectivity index (χ2n) is 6.06. The molecule has 17 heavy (non-hydrogen) atoms. The van der Waals surface area contributed by atoms with Crippen LogP contribution in [0.3, 0.4) is 0 Å². The predicted molar refractivity (Wildman–Crippen MR) is 76.4 cm³/mol. The molecule has 1 aliphatic carbocycles. The summed E-state index contributed by atoms with van der Waals surface area (Å²) in [5.74, 6) is 0.768. The molecule has 0 spiro atoms. The normalized spacial score (nSPS) is 18.0. The van der Waals surface area contributed by atoms with Gasteiger partial charge in [0.15, 0.2) is 0 Å². The fourth-order valence-corrected chi connectivity index (χ4v) is 2.38. The first kappa shape index (κ1) is 15.0. The molecule has 1 saturated carbocycles. The smallest absolute Gasteiger partial charge is 0.00992 e. The summed E-state index contributed by atoms with van der Waals surface area (Å²) in [5.41, 5.74) is 0. The van der Waals surface area contributed by atoms with E-state index in [1.807, 2.05) is 0 Å². The van der Waals surface area contributed by atoms with Crippen LogP contribution in [-0.2, 0) is 0 Å². The van der Waals surface area contributed by atoms with Gasteiger partial charge in [0.25, 0.3) is 0 Å². The molecule has 1 unspecified atom stereocenters. The standard InChI is InChI=1S/C15H32N2/c1-5-6-11-17(15-7-8-15)14(4)9-10-16-12-13(2)3/h13-16H,5-12H2,1-4H3. The van der Waals surface area contributed by atoms with E-state index in [-0.39, 0.29) is 0 Å². The molecule has 1 atom stereocenters. The number of unbranched alkanes of at least 4 members (excludes halogenated alkanes) is 1. The highest BCUT2D eigenvalue weighted by Crippen LogP contribution is 2.29. The first-order valence-corrected chi connectivity index (χ1v) is 7.61. The highest BCUT2D eigenvalue weighted by molar-refractivity contribution is 4.87. The van der Waals surface area contributed by atoms with E-state index in [9.17, 15) is 0 Å². The Labute approximate surface area is 108 Å². The largest absolute Gasteiger partial charge is 0.316 e. The fraction of sp³-hybridized carbons (Fsp3) is 1.00. The quantitative estimate of drug-likeness (QED) is 0.590. The summed E-state index contributed by atoms with van der Waals surface area (Å²) in [4.78, 5) is 2.75. The van der Waals surface area contributed by atoms with Crippen LogP contribution >= 0.6 is 0 Å². The molecule has 0 amide bonds. The maximum Gasteiger partial charge on any atom is 0.00992 e. The van der Waals surface area contributed by atoms with E-state index < -0.39 is 0 Å².